The Balaban J connectivity index is 3.13. The lowest BCUT2D eigenvalue weighted by Gasteiger charge is -2.30. The molecule has 1 unspecified atom stereocenters. The highest BCUT2D eigenvalue weighted by molar-refractivity contribution is 6.00. The summed E-state index contributed by atoms with van der Waals surface area (Å²) in [4.78, 5) is 11.3. The summed E-state index contributed by atoms with van der Waals surface area (Å²) in [5.74, 6) is -14.5. The van der Waals surface area contributed by atoms with E-state index in [0.29, 0.717) is 0 Å². The van der Waals surface area contributed by atoms with Crippen molar-refractivity contribution in [2.75, 3.05) is 0 Å². The molecule has 0 aliphatic rings. The maximum Gasteiger partial charge on any atom is 0.459 e. The van der Waals surface area contributed by atoms with E-state index in [9.17, 15) is 35.5 Å². The van der Waals surface area contributed by atoms with Gasteiger partial charge in [-0.2, -0.15) is 30.7 Å². The van der Waals surface area contributed by atoms with E-state index in [1.807, 2.05) is 0 Å². The quantitative estimate of drug-likeness (QED) is 0.685. The van der Waals surface area contributed by atoms with Gasteiger partial charge in [-0.25, -0.2) is 0 Å². The molecule has 9 heteroatoms. The summed E-state index contributed by atoms with van der Waals surface area (Å²) >= 11 is 0. The number of hydrogen-bond acceptors (Lipinski definition) is 2. The third-order valence-corrected chi connectivity index (χ3v) is 2.42. The minimum atomic E-state index is -6.60. The number of carbonyl (C=O) groups is 1. The third kappa shape index (κ3) is 2.62. The number of benzene rings is 1. The van der Waals surface area contributed by atoms with Crippen LogP contribution in [0.1, 0.15) is 10.4 Å². The van der Waals surface area contributed by atoms with Gasteiger partial charge in [-0.1, -0.05) is 30.3 Å². The first-order valence-electron chi connectivity index (χ1n) is 5.02. The molecule has 0 aromatic heterocycles. The average molecular weight is 304 g/mol. The molecular formula is C11H7F7O2. The molecule has 2 nitrogen and oxygen atoms in total. The highest BCUT2D eigenvalue weighted by Crippen LogP contribution is 2.48. The van der Waals surface area contributed by atoms with Crippen LogP contribution >= 0.6 is 0 Å². The third-order valence-electron chi connectivity index (χ3n) is 2.42. The highest BCUT2D eigenvalue weighted by Gasteiger charge is 2.76. The van der Waals surface area contributed by atoms with Gasteiger partial charge in [-0.15, -0.1) is 0 Å². The zero-order valence-electron chi connectivity index (χ0n) is 9.47. The fourth-order valence-electron chi connectivity index (χ4n) is 1.29. The van der Waals surface area contributed by atoms with Crippen molar-refractivity contribution in [3.05, 3.63) is 35.9 Å². The summed E-state index contributed by atoms with van der Waals surface area (Å²) in [7, 11) is 0. The van der Waals surface area contributed by atoms with Gasteiger partial charge in [0.15, 0.2) is 11.9 Å². The Morgan fingerprint density at radius 1 is 0.950 bits per heavy atom. The van der Waals surface area contributed by atoms with Gasteiger partial charge in [-0.3, -0.25) is 4.79 Å². The number of ketones is 1. The number of carbonyl (C=O) groups excluding carboxylic acids is 1. The van der Waals surface area contributed by atoms with Crippen LogP contribution in [0.3, 0.4) is 0 Å². The number of aliphatic hydroxyl groups is 1. The first kappa shape index (κ1) is 16.4. The molecule has 0 radical (unpaired) electrons. The summed E-state index contributed by atoms with van der Waals surface area (Å²) in [6.45, 7) is 0. The Kier molecular flexibility index (Phi) is 4.14. The molecule has 112 valence electrons. The Morgan fingerprint density at radius 3 is 1.80 bits per heavy atom. The topological polar surface area (TPSA) is 37.3 Å². The molecule has 1 atom stereocenters. The van der Waals surface area contributed by atoms with Crippen LogP contribution in [0, 0.1) is 0 Å². The predicted molar refractivity (Wildman–Crippen MR) is 52.7 cm³/mol. The van der Waals surface area contributed by atoms with Crippen LogP contribution in [-0.4, -0.2) is 35.0 Å². The van der Waals surface area contributed by atoms with E-state index < -0.39 is 35.5 Å². The summed E-state index contributed by atoms with van der Waals surface area (Å²) in [6.07, 6.45) is -10.4. The number of hydrogen-bond donors (Lipinski definition) is 1. The monoisotopic (exact) mass is 304 g/mol. The Labute approximate surface area is 107 Å². The second-order valence-electron chi connectivity index (χ2n) is 3.83. The van der Waals surface area contributed by atoms with E-state index >= 15 is 0 Å². The van der Waals surface area contributed by atoms with Gasteiger partial charge in [0.2, 0.25) is 0 Å². The molecule has 1 N–H and O–H groups in total. The van der Waals surface area contributed by atoms with Crippen molar-refractivity contribution >= 4 is 5.78 Å². The van der Waals surface area contributed by atoms with Crippen molar-refractivity contribution in [1.29, 1.82) is 0 Å². The molecule has 0 saturated heterocycles. The van der Waals surface area contributed by atoms with Crippen LogP contribution in [0.2, 0.25) is 0 Å². The van der Waals surface area contributed by atoms with Crippen molar-refractivity contribution in [3.63, 3.8) is 0 Å². The van der Waals surface area contributed by atoms with Crippen LogP contribution < -0.4 is 0 Å². The first-order chi connectivity index (χ1) is 8.93. The van der Waals surface area contributed by atoms with Crippen LogP contribution in [-0.2, 0) is 0 Å². The van der Waals surface area contributed by atoms with E-state index in [1.165, 1.54) is 18.2 Å². The zero-order valence-corrected chi connectivity index (χ0v) is 9.47. The molecule has 20 heavy (non-hydrogen) atoms. The summed E-state index contributed by atoms with van der Waals surface area (Å²) in [6, 6.07) is 5.48. The largest absolute Gasteiger partial charge is 0.459 e. The molecule has 0 heterocycles. The smallest absolute Gasteiger partial charge is 0.379 e. The molecule has 0 saturated carbocycles. The molecule has 1 rings (SSSR count). The predicted octanol–water partition coefficient (Wildman–Crippen LogP) is 3.06. The van der Waals surface area contributed by atoms with E-state index in [4.69, 9.17) is 5.11 Å². The molecule has 0 amide bonds. The van der Waals surface area contributed by atoms with Gasteiger partial charge in [0.1, 0.15) is 0 Å². The lowest BCUT2D eigenvalue weighted by molar-refractivity contribution is -0.365. The summed E-state index contributed by atoms with van der Waals surface area (Å²) in [5, 5.41) is 8.92. The van der Waals surface area contributed by atoms with Crippen LogP contribution in [0.15, 0.2) is 30.3 Å². The summed E-state index contributed by atoms with van der Waals surface area (Å²) in [5.41, 5.74) is -0.613. The lowest BCUT2D eigenvalue weighted by atomic mass is 9.97. The Morgan fingerprint density at radius 2 is 1.40 bits per heavy atom. The number of halogens is 7. The molecule has 0 aliphatic carbocycles. The fraction of sp³-hybridized carbons (Fsp3) is 0.364. The normalized spacial score (nSPS) is 15.0. The second kappa shape index (κ2) is 5.04. The number of Topliss-reactive ketones (excluding diaryl/α,β-unsaturated/α-hetero) is 1. The molecule has 1 aromatic rings. The van der Waals surface area contributed by atoms with Crippen molar-refractivity contribution in [2.45, 2.75) is 24.1 Å². The number of alkyl halides is 7. The van der Waals surface area contributed by atoms with Crippen LogP contribution in [0.4, 0.5) is 30.7 Å². The highest BCUT2D eigenvalue weighted by atomic mass is 19.4. The van der Waals surface area contributed by atoms with Gasteiger partial charge in [0.05, 0.1) is 0 Å². The SMILES string of the molecule is O=C(c1ccccc1)C(O)C(F)(F)C(F)(F)C(F)(F)F. The Hall–Kier alpha value is -1.64. The maximum absolute atomic E-state index is 13.1. The van der Waals surface area contributed by atoms with Crippen molar-refractivity contribution in [1.82, 2.24) is 0 Å². The molecule has 0 spiro atoms. The number of aliphatic hydroxyl groups excluding tert-OH is 1. The van der Waals surface area contributed by atoms with E-state index in [1.54, 1.807) is 0 Å². The first-order valence-corrected chi connectivity index (χ1v) is 5.02. The summed E-state index contributed by atoms with van der Waals surface area (Å²) < 4.78 is 87.2. The van der Waals surface area contributed by atoms with Crippen molar-refractivity contribution < 1.29 is 40.6 Å². The fourth-order valence-corrected chi connectivity index (χ4v) is 1.29. The maximum atomic E-state index is 13.1. The minimum absolute atomic E-state index is 0.613. The molecule has 0 fully saturated rings. The minimum Gasteiger partial charge on any atom is -0.379 e. The second-order valence-corrected chi connectivity index (χ2v) is 3.83. The Bertz CT molecular complexity index is 481. The van der Waals surface area contributed by atoms with Gasteiger partial charge in [0, 0.05) is 5.56 Å². The van der Waals surface area contributed by atoms with Gasteiger partial charge in [0.25, 0.3) is 0 Å². The number of rotatable bonds is 4. The van der Waals surface area contributed by atoms with Crippen LogP contribution in [0.5, 0.6) is 0 Å². The van der Waals surface area contributed by atoms with E-state index in [2.05, 4.69) is 0 Å². The average Bonchev–Trinajstić information content (AvgIpc) is 2.36. The van der Waals surface area contributed by atoms with Crippen molar-refractivity contribution in [3.8, 4) is 0 Å². The molecule has 0 bridgehead atoms. The molecule has 1 aromatic carbocycles. The van der Waals surface area contributed by atoms with Crippen molar-refractivity contribution in [2.24, 2.45) is 0 Å². The van der Waals surface area contributed by atoms with Gasteiger partial charge >= 0.3 is 18.0 Å². The van der Waals surface area contributed by atoms with Gasteiger partial charge in [-0.05, 0) is 0 Å². The zero-order chi connectivity index (χ0) is 15.8. The molecular weight excluding hydrogens is 297 g/mol. The van der Waals surface area contributed by atoms with Gasteiger partial charge < -0.3 is 5.11 Å². The van der Waals surface area contributed by atoms with E-state index in [0.717, 1.165) is 12.1 Å². The standard InChI is InChI=1S/C11H7F7O2/c12-9(13,10(14,15)11(16,17)18)8(20)7(19)6-4-2-1-3-5-6/h1-5,8,20H. The lowest BCUT2D eigenvalue weighted by Crippen LogP contribution is -2.59. The van der Waals surface area contributed by atoms with Crippen LogP contribution in [0.25, 0.3) is 0 Å². The van der Waals surface area contributed by atoms with E-state index in [-0.39, 0.29) is 0 Å². The molecule has 0 aliphatic heterocycles.